The van der Waals surface area contributed by atoms with E-state index in [0.717, 1.165) is 36.6 Å². The fourth-order valence-corrected chi connectivity index (χ4v) is 5.77. The van der Waals surface area contributed by atoms with Crippen molar-refractivity contribution < 1.29 is 12.8 Å². The lowest BCUT2D eigenvalue weighted by atomic mass is 9.92. The first-order valence-corrected chi connectivity index (χ1v) is 12.0. The maximum atomic E-state index is 14.9. The lowest BCUT2D eigenvalue weighted by Gasteiger charge is -2.24. The second-order valence-electron chi connectivity index (χ2n) is 7.37. The maximum absolute atomic E-state index is 14.9. The van der Waals surface area contributed by atoms with E-state index < -0.39 is 20.7 Å². The first-order valence-electron chi connectivity index (χ1n) is 9.71. The highest BCUT2D eigenvalue weighted by Crippen LogP contribution is 2.31. The molecule has 2 N–H and O–H groups in total. The molecule has 2 aromatic heterocycles. The third-order valence-corrected chi connectivity index (χ3v) is 7.58. The molecule has 1 atom stereocenters. The maximum Gasteiger partial charge on any atom is 0.266 e. The van der Waals surface area contributed by atoms with Crippen molar-refractivity contribution in [2.45, 2.75) is 30.8 Å². The molecule has 0 saturated heterocycles. The van der Waals surface area contributed by atoms with E-state index >= 15 is 0 Å². The van der Waals surface area contributed by atoms with Gasteiger partial charge in [-0.1, -0.05) is 18.2 Å². The van der Waals surface area contributed by atoms with Gasteiger partial charge in [-0.3, -0.25) is 9.40 Å². The third kappa shape index (κ3) is 3.58. The summed E-state index contributed by atoms with van der Waals surface area (Å²) in [5, 5.41) is 8.46. The molecule has 31 heavy (non-hydrogen) atoms. The van der Waals surface area contributed by atoms with Crippen molar-refractivity contribution in [3.8, 4) is 0 Å². The zero-order valence-corrected chi connectivity index (χ0v) is 18.2. The fourth-order valence-electron chi connectivity index (χ4n) is 4.01. The minimum Gasteiger partial charge on any atom is -0.312 e. The van der Waals surface area contributed by atoms with E-state index in [1.807, 2.05) is 13.0 Å². The molecule has 11 heteroatoms. The molecule has 160 valence electrons. The molecule has 0 fully saturated rings. The van der Waals surface area contributed by atoms with Crippen molar-refractivity contribution in [2.24, 2.45) is 0 Å². The normalized spacial score (nSPS) is 15.0. The van der Waals surface area contributed by atoms with Crippen LogP contribution in [0.15, 0.2) is 47.8 Å². The van der Waals surface area contributed by atoms with E-state index in [0.29, 0.717) is 10.9 Å². The van der Waals surface area contributed by atoms with Gasteiger partial charge in [0.2, 0.25) is 5.13 Å². The van der Waals surface area contributed by atoms with Crippen LogP contribution in [0.4, 0.5) is 9.52 Å². The van der Waals surface area contributed by atoms with Crippen LogP contribution in [-0.2, 0) is 23.0 Å². The average molecular weight is 459 g/mol. The number of sulfonamides is 1. The van der Waals surface area contributed by atoms with Gasteiger partial charge in [-0.05, 0) is 42.6 Å². The average Bonchev–Trinajstić information content (AvgIpc) is 3.41. The summed E-state index contributed by atoms with van der Waals surface area (Å²) in [7, 11) is -4.14. The molecule has 5 rings (SSSR count). The smallest absolute Gasteiger partial charge is 0.266 e. The van der Waals surface area contributed by atoms with E-state index in [2.05, 4.69) is 36.6 Å². The number of hydrogen-bond donors (Lipinski definition) is 2. The standard InChI is InChI=1S/C20H19FN6O2S2/c1-12(15-4-2-3-13-5-6-22-10-16(13)15)27-18-8-17(21)19(7-14(18)9-24-27)31(28,29)26-20-23-11-25-30-20/h2-4,7-9,11-12,22H,5-6,10H2,1H3,(H,23,25,26)/t12-/m0/s1. The quantitative estimate of drug-likeness (QED) is 0.477. The SMILES string of the molecule is C[C@@H](c1cccc2c1CNCC2)n1ncc2cc(S(=O)(=O)Nc3ncns3)c(F)cc21. The number of rotatable bonds is 5. The minimum absolute atomic E-state index is 0.0753. The Balaban J connectivity index is 1.55. The minimum atomic E-state index is -4.14. The van der Waals surface area contributed by atoms with Crippen LogP contribution in [0.25, 0.3) is 10.9 Å². The molecule has 0 saturated carbocycles. The van der Waals surface area contributed by atoms with Crippen LogP contribution in [0.3, 0.4) is 0 Å². The predicted octanol–water partition coefficient (Wildman–Crippen LogP) is 3.08. The van der Waals surface area contributed by atoms with E-state index in [9.17, 15) is 12.8 Å². The van der Waals surface area contributed by atoms with Crippen LogP contribution in [0.5, 0.6) is 0 Å². The van der Waals surface area contributed by atoms with Gasteiger partial charge >= 0.3 is 0 Å². The van der Waals surface area contributed by atoms with Crippen LogP contribution in [-0.4, -0.2) is 34.1 Å². The molecular formula is C20H19FN6O2S2. The highest BCUT2D eigenvalue weighted by molar-refractivity contribution is 7.93. The van der Waals surface area contributed by atoms with Crippen molar-refractivity contribution >= 4 is 37.6 Å². The zero-order valence-electron chi connectivity index (χ0n) is 16.5. The molecule has 0 spiro atoms. The van der Waals surface area contributed by atoms with Gasteiger partial charge in [0, 0.05) is 29.5 Å². The molecule has 0 aliphatic carbocycles. The molecule has 1 aliphatic rings. The lowest BCUT2D eigenvalue weighted by molar-refractivity contribution is 0.556. The van der Waals surface area contributed by atoms with Crippen LogP contribution in [0.1, 0.15) is 29.7 Å². The Morgan fingerprint density at radius 1 is 1.32 bits per heavy atom. The highest BCUT2D eigenvalue weighted by Gasteiger charge is 2.24. The Kier molecular flexibility index (Phi) is 4.95. The summed E-state index contributed by atoms with van der Waals surface area (Å²) in [6.45, 7) is 3.74. The van der Waals surface area contributed by atoms with Gasteiger partial charge in [0.15, 0.2) is 0 Å². The van der Waals surface area contributed by atoms with Crippen molar-refractivity contribution in [1.29, 1.82) is 0 Å². The van der Waals surface area contributed by atoms with Crippen molar-refractivity contribution in [2.75, 3.05) is 11.3 Å². The van der Waals surface area contributed by atoms with Gasteiger partial charge in [-0.25, -0.2) is 17.8 Å². The molecule has 0 unspecified atom stereocenters. The Labute approximate surface area is 182 Å². The molecule has 0 amide bonds. The monoisotopic (exact) mass is 458 g/mol. The van der Waals surface area contributed by atoms with E-state index in [4.69, 9.17) is 0 Å². The van der Waals surface area contributed by atoms with Gasteiger partial charge in [0.05, 0.1) is 17.8 Å². The number of halogens is 1. The molecular weight excluding hydrogens is 439 g/mol. The zero-order chi connectivity index (χ0) is 21.6. The van der Waals surface area contributed by atoms with Crippen LogP contribution in [0.2, 0.25) is 0 Å². The summed E-state index contributed by atoms with van der Waals surface area (Å²) >= 11 is 0.875. The Hall–Kier alpha value is -2.89. The molecule has 0 radical (unpaired) electrons. The van der Waals surface area contributed by atoms with Crippen molar-refractivity contribution in [1.82, 2.24) is 24.5 Å². The van der Waals surface area contributed by atoms with Crippen LogP contribution >= 0.6 is 11.5 Å². The topological polar surface area (TPSA) is 102 Å². The number of benzene rings is 2. The molecule has 4 aromatic rings. The summed E-state index contributed by atoms with van der Waals surface area (Å²) < 4.78 is 48.0. The number of fused-ring (bicyclic) bond motifs is 2. The summed E-state index contributed by atoms with van der Waals surface area (Å²) in [5.41, 5.74) is 4.19. The molecule has 0 bridgehead atoms. The predicted molar refractivity (Wildman–Crippen MR) is 116 cm³/mol. The van der Waals surface area contributed by atoms with E-state index in [1.165, 1.54) is 29.6 Å². The highest BCUT2D eigenvalue weighted by atomic mass is 32.2. The van der Waals surface area contributed by atoms with Crippen LogP contribution in [0, 0.1) is 5.82 Å². The Bertz CT molecular complexity index is 1370. The first-order chi connectivity index (χ1) is 14.9. The molecule has 8 nitrogen and oxygen atoms in total. The van der Waals surface area contributed by atoms with Crippen LogP contribution < -0.4 is 10.0 Å². The molecule has 3 heterocycles. The number of nitrogens with zero attached hydrogens (tertiary/aromatic N) is 4. The summed E-state index contributed by atoms with van der Waals surface area (Å²) in [4.78, 5) is 3.33. The first kappa shape index (κ1) is 20.0. The fraction of sp³-hybridized carbons (Fsp3) is 0.250. The molecule has 2 aromatic carbocycles. The summed E-state index contributed by atoms with van der Waals surface area (Å²) in [6, 6.07) is 8.61. The van der Waals surface area contributed by atoms with Gasteiger partial charge in [0.25, 0.3) is 10.0 Å². The summed E-state index contributed by atoms with van der Waals surface area (Å²) in [5.74, 6) is -0.852. The van der Waals surface area contributed by atoms with Crippen molar-refractivity contribution in [3.05, 3.63) is 65.4 Å². The van der Waals surface area contributed by atoms with Gasteiger partial charge < -0.3 is 5.32 Å². The van der Waals surface area contributed by atoms with Gasteiger partial charge in [0.1, 0.15) is 17.0 Å². The second-order valence-corrected chi connectivity index (χ2v) is 9.80. The molecule has 1 aliphatic heterocycles. The number of aromatic nitrogens is 4. The van der Waals surface area contributed by atoms with E-state index in [-0.39, 0.29) is 11.2 Å². The van der Waals surface area contributed by atoms with E-state index in [1.54, 1.807) is 10.9 Å². The number of hydrogen-bond acceptors (Lipinski definition) is 7. The Morgan fingerprint density at radius 3 is 3.00 bits per heavy atom. The van der Waals surface area contributed by atoms with Gasteiger partial charge in [-0.2, -0.15) is 9.47 Å². The van der Waals surface area contributed by atoms with Crippen molar-refractivity contribution in [3.63, 3.8) is 0 Å². The number of anilines is 1. The second kappa shape index (κ2) is 7.66. The largest absolute Gasteiger partial charge is 0.312 e. The Morgan fingerprint density at radius 2 is 2.19 bits per heavy atom. The third-order valence-electron chi connectivity index (χ3n) is 5.52. The lowest BCUT2D eigenvalue weighted by Crippen LogP contribution is -2.26. The number of nitrogens with one attached hydrogen (secondary N) is 2. The van der Waals surface area contributed by atoms with Gasteiger partial charge in [-0.15, -0.1) is 0 Å². The summed E-state index contributed by atoms with van der Waals surface area (Å²) in [6.07, 6.45) is 3.75.